The first kappa shape index (κ1) is 21.7. The number of rotatable bonds is 4. The topological polar surface area (TPSA) is 71.2 Å². The smallest absolute Gasteiger partial charge is 0.410 e. The molecule has 2 aromatic rings. The van der Waals surface area contributed by atoms with Crippen LogP contribution in [0.5, 0.6) is 0 Å². The van der Waals surface area contributed by atoms with Crippen molar-refractivity contribution in [3.05, 3.63) is 29.6 Å². The van der Waals surface area contributed by atoms with Crippen molar-refractivity contribution in [2.24, 2.45) is 10.8 Å². The van der Waals surface area contributed by atoms with Crippen molar-refractivity contribution in [3.8, 4) is 6.07 Å². The third kappa shape index (κ3) is 4.28. The van der Waals surface area contributed by atoms with Crippen LogP contribution in [0.15, 0.2) is 18.2 Å². The second-order valence-corrected chi connectivity index (χ2v) is 11.1. The van der Waals surface area contributed by atoms with Crippen LogP contribution in [-0.4, -0.2) is 39.2 Å². The van der Waals surface area contributed by atoms with Crippen LogP contribution in [0.2, 0.25) is 0 Å². The van der Waals surface area contributed by atoms with Crippen LogP contribution >= 0.6 is 0 Å². The van der Waals surface area contributed by atoms with Crippen LogP contribution in [-0.2, 0) is 17.7 Å². The Morgan fingerprint density at radius 3 is 2.74 bits per heavy atom. The zero-order valence-electron chi connectivity index (χ0n) is 19.5. The Morgan fingerprint density at radius 1 is 1.29 bits per heavy atom. The fraction of sp³-hybridized carbons (Fsp3) is 0.640. The molecule has 1 spiro atoms. The Balaban J connectivity index is 1.61. The molecule has 1 saturated heterocycles. The Labute approximate surface area is 185 Å². The quantitative estimate of drug-likeness (QED) is 0.671. The summed E-state index contributed by atoms with van der Waals surface area (Å²) in [7, 11) is 0. The molecule has 6 heteroatoms. The van der Waals surface area contributed by atoms with Gasteiger partial charge in [-0.1, -0.05) is 34.6 Å². The second kappa shape index (κ2) is 7.55. The van der Waals surface area contributed by atoms with Crippen molar-refractivity contribution in [1.82, 2.24) is 14.5 Å². The van der Waals surface area contributed by atoms with Crippen LogP contribution in [0.1, 0.15) is 71.7 Å². The highest BCUT2D eigenvalue weighted by Crippen LogP contribution is 2.47. The van der Waals surface area contributed by atoms with Crippen molar-refractivity contribution < 1.29 is 9.53 Å². The second-order valence-electron chi connectivity index (χ2n) is 11.1. The highest BCUT2D eigenvalue weighted by Gasteiger charge is 2.51. The van der Waals surface area contributed by atoms with Gasteiger partial charge in [0.2, 0.25) is 0 Å². The molecule has 1 aromatic carbocycles. The largest absolute Gasteiger partial charge is 0.441 e. The molecule has 0 unspecified atom stereocenters. The van der Waals surface area contributed by atoms with Crippen LogP contribution in [0.4, 0.5) is 4.79 Å². The molecular formula is C25H34N4O2. The van der Waals surface area contributed by atoms with Gasteiger partial charge >= 0.3 is 6.09 Å². The maximum absolute atomic E-state index is 12.7. The molecule has 1 aromatic heterocycles. The van der Waals surface area contributed by atoms with E-state index in [4.69, 9.17) is 9.72 Å². The molecule has 0 bridgehead atoms. The lowest BCUT2D eigenvalue weighted by Gasteiger charge is -2.43. The molecule has 1 saturated carbocycles. The number of hydrogen-bond acceptors (Lipinski definition) is 4. The van der Waals surface area contributed by atoms with Gasteiger partial charge in [0.15, 0.2) is 0 Å². The lowest BCUT2D eigenvalue weighted by molar-refractivity contribution is -0.0272. The number of amides is 1. The Kier molecular flexibility index (Phi) is 5.28. The summed E-state index contributed by atoms with van der Waals surface area (Å²) in [5.41, 5.74) is 2.27. The van der Waals surface area contributed by atoms with Gasteiger partial charge in [-0.3, -0.25) is 0 Å². The van der Waals surface area contributed by atoms with E-state index in [1.165, 1.54) is 0 Å². The lowest BCUT2D eigenvalue weighted by Crippen LogP contribution is -2.45. The van der Waals surface area contributed by atoms with Gasteiger partial charge in [0.25, 0.3) is 0 Å². The molecule has 2 aliphatic rings. The number of aromatic nitrogens is 2. The summed E-state index contributed by atoms with van der Waals surface area (Å²) in [6.07, 6.45) is 4.59. The van der Waals surface area contributed by atoms with Crippen molar-refractivity contribution in [3.63, 3.8) is 0 Å². The molecular weight excluding hydrogens is 388 g/mol. The molecule has 0 N–H and O–H groups in total. The number of benzene rings is 1. The van der Waals surface area contributed by atoms with Crippen LogP contribution < -0.4 is 0 Å². The highest BCUT2D eigenvalue weighted by molar-refractivity contribution is 5.78. The first-order chi connectivity index (χ1) is 14.6. The number of carbonyl (C=O) groups is 1. The molecule has 1 aliphatic carbocycles. The van der Waals surface area contributed by atoms with Crippen LogP contribution in [0, 0.1) is 22.2 Å². The molecule has 2 heterocycles. The van der Waals surface area contributed by atoms with E-state index in [-0.39, 0.29) is 16.9 Å². The van der Waals surface area contributed by atoms with E-state index in [9.17, 15) is 10.1 Å². The summed E-state index contributed by atoms with van der Waals surface area (Å²) >= 11 is 0. The minimum absolute atomic E-state index is 0.00350. The summed E-state index contributed by atoms with van der Waals surface area (Å²) in [6, 6.07) is 7.97. The average molecular weight is 423 g/mol. The van der Waals surface area contributed by atoms with Crippen molar-refractivity contribution in [2.45, 2.75) is 78.9 Å². The van der Waals surface area contributed by atoms with E-state index < -0.39 is 5.60 Å². The van der Waals surface area contributed by atoms with E-state index in [0.717, 1.165) is 55.5 Å². The molecule has 6 nitrogen and oxygen atoms in total. The van der Waals surface area contributed by atoms with Crippen LogP contribution in [0.3, 0.4) is 0 Å². The maximum Gasteiger partial charge on any atom is 0.410 e. The Hall–Kier alpha value is -2.55. The van der Waals surface area contributed by atoms with Crippen molar-refractivity contribution in [1.29, 1.82) is 5.26 Å². The van der Waals surface area contributed by atoms with Gasteiger partial charge in [-0.2, -0.15) is 5.26 Å². The van der Waals surface area contributed by atoms with Gasteiger partial charge < -0.3 is 14.2 Å². The average Bonchev–Trinajstić information content (AvgIpc) is 3.16. The lowest BCUT2D eigenvalue weighted by atomic mass is 9.68. The van der Waals surface area contributed by atoms with E-state index >= 15 is 0 Å². The van der Waals surface area contributed by atoms with E-state index in [0.29, 0.717) is 18.7 Å². The number of carbonyl (C=O) groups excluding carboxylic acids is 1. The summed E-state index contributed by atoms with van der Waals surface area (Å²) in [5.74, 6) is 1.05. The van der Waals surface area contributed by atoms with Gasteiger partial charge in [-0.15, -0.1) is 0 Å². The van der Waals surface area contributed by atoms with Gasteiger partial charge in [0.1, 0.15) is 11.4 Å². The van der Waals surface area contributed by atoms with Gasteiger partial charge in [-0.05, 0) is 54.7 Å². The molecule has 1 amide bonds. The number of nitriles is 1. The van der Waals surface area contributed by atoms with Crippen LogP contribution in [0.25, 0.3) is 11.0 Å². The number of imidazole rings is 1. The summed E-state index contributed by atoms with van der Waals surface area (Å²) in [6.45, 7) is 13.1. The standard InChI is InChI=1S/C25H34N4O2/c1-6-21-27-19-9-8-18(13-26)12-20(19)29(21)16-24(5)10-7-11-25(14-24)17-28(22(30)31-25)15-23(2,3)4/h8-9,12H,6-7,10-11,14-17H2,1-5H3/t24-,25-/m0/s1. The van der Waals surface area contributed by atoms with E-state index in [1.54, 1.807) is 0 Å². The van der Waals surface area contributed by atoms with Gasteiger partial charge in [0, 0.05) is 19.5 Å². The van der Waals surface area contributed by atoms with Crippen molar-refractivity contribution >= 4 is 17.1 Å². The fourth-order valence-electron chi connectivity index (χ4n) is 5.61. The summed E-state index contributed by atoms with van der Waals surface area (Å²) < 4.78 is 8.35. The SMILES string of the molecule is CCc1nc2ccc(C#N)cc2n1C[C@@]1(C)CCC[C@@]2(CN(CC(C)(C)C)C(=O)O2)C1. The minimum Gasteiger partial charge on any atom is -0.441 e. The maximum atomic E-state index is 12.7. The normalized spacial score (nSPS) is 26.5. The number of hydrogen-bond donors (Lipinski definition) is 0. The predicted octanol–water partition coefficient (Wildman–Crippen LogP) is 5.29. The number of ether oxygens (including phenoxy) is 1. The molecule has 2 fully saturated rings. The third-order valence-electron chi connectivity index (χ3n) is 6.68. The molecule has 31 heavy (non-hydrogen) atoms. The number of nitrogens with zero attached hydrogens (tertiary/aromatic N) is 4. The fourth-order valence-corrected chi connectivity index (χ4v) is 5.61. The monoisotopic (exact) mass is 422 g/mol. The van der Waals surface area contributed by atoms with Gasteiger partial charge in [0.05, 0.1) is 29.2 Å². The van der Waals surface area contributed by atoms with E-state index in [1.807, 2.05) is 23.1 Å². The predicted molar refractivity (Wildman–Crippen MR) is 121 cm³/mol. The summed E-state index contributed by atoms with van der Waals surface area (Å²) in [4.78, 5) is 19.4. The first-order valence-corrected chi connectivity index (χ1v) is 11.4. The van der Waals surface area contributed by atoms with Gasteiger partial charge in [-0.25, -0.2) is 9.78 Å². The Bertz CT molecular complexity index is 1040. The highest BCUT2D eigenvalue weighted by atomic mass is 16.6. The number of fused-ring (bicyclic) bond motifs is 1. The number of aryl methyl sites for hydroxylation is 1. The molecule has 166 valence electrons. The summed E-state index contributed by atoms with van der Waals surface area (Å²) in [5, 5.41) is 9.36. The zero-order chi connectivity index (χ0) is 22.4. The zero-order valence-corrected chi connectivity index (χ0v) is 19.5. The van der Waals surface area contributed by atoms with Crippen molar-refractivity contribution in [2.75, 3.05) is 13.1 Å². The molecule has 2 atom stereocenters. The molecule has 1 aliphatic heterocycles. The third-order valence-corrected chi connectivity index (χ3v) is 6.68. The minimum atomic E-state index is -0.393. The molecule has 4 rings (SSSR count). The Morgan fingerprint density at radius 2 is 2.06 bits per heavy atom. The molecule has 0 radical (unpaired) electrons. The van der Waals surface area contributed by atoms with E-state index in [2.05, 4.69) is 45.3 Å². The first-order valence-electron chi connectivity index (χ1n) is 11.4.